The molecule has 0 saturated heterocycles. The van der Waals surface area contributed by atoms with Gasteiger partial charge in [0.25, 0.3) is 0 Å². The van der Waals surface area contributed by atoms with Gasteiger partial charge in [-0.25, -0.2) is 0 Å². The van der Waals surface area contributed by atoms with E-state index in [0.717, 1.165) is 18.4 Å². The van der Waals surface area contributed by atoms with Gasteiger partial charge >= 0.3 is 0 Å². The lowest BCUT2D eigenvalue weighted by atomic mass is 9.81. The lowest BCUT2D eigenvalue weighted by Crippen LogP contribution is -2.27. The Morgan fingerprint density at radius 1 is 1.18 bits per heavy atom. The predicted octanol–water partition coefficient (Wildman–Crippen LogP) is 4.26. The fourth-order valence-corrected chi connectivity index (χ4v) is 2.76. The van der Waals surface area contributed by atoms with Crippen LogP contribution in [0.15, 0.2) is 24.3 Å². The molecule has 0 fully saturated rings. The fourth-order valence-electron chi connectivity index (χ4n) is 2.76. The number of nitrogens with one attached hydrogen (secondary N) is 1. The van der Waals surface area contributed by atoms with E-state index >= 15 is 0 Å². The van der Waals surface area contributed by atoms with Crippen molar-refractivity contribution in [2.75, 3.05) is 6.54 Å². The van der Waals surface area contributed by atoms with Gasteiger partial charge in [0.1, 0.15) is 0 Å². The number of hydrogen-bond acceptors (Lipinski definition) is 1. The van der Waals surface area contributed by atoms with Crippen LogP contribution in [0.1, 0.15) is 63.1 Å². The summed E-state index contributed by atoms with van der Waals surface area (Å²) in [5.41, 5.74) is 3.09. The summed E-state index contributed by atoms with van der Waals surface area (Å²) in [6, 6.07) is 9.54. The van der Waals surface area contributed by atoms with Crippen LogP contribution < -0.4 is 5.32 Å². The van der Waals surface area contributed by atoms with Crippen LogP contribution >= 0.6 is 0 Å². The molecule has 0 saturated carbocycles. The molecule has 0 amide bonds. The largest absolute Gasteiger partial charge is 0.310 e. The Balaban J connectivity index is 2.03. The molecule has 1 nitrogen and oxygen atoms in total. The first kappa shape index (κ1) is 12.6. The zero-order chi connectivity index (χ0) is 12.3. The van der Waals surface area contributed by atoms with Crippen LogP contribution in [0.5, 0.6) is 0 Å². The highest BCUT2D eigenvalue weighted by atomic mass is 14.9. The molecule has 17 heavy (non-hydrogen) atoms. The van der Waals surface area contributed by atoms with Crippen molar-refractivity contribution in [2.24, 2.45) is 5.92 Å². The summed E-state index contributed by atoms with van der Waals surface area (Å²) in [7, 11) is 0. The molecule has 0 bridgehead atoms. The van der Waals surface area contributed by atoms with Crippen molar-refractivity contribution in [1.29, 1.82) is 0 Å². The SMILES string of the molecule is CC(C)CCNC1CCC(C)c2ccccc21. The maximum absolute atomic E-state index is 3.73. The monoisotopic (exact) mass is 231 g/mol. The van der Waals surface area contributed by atoms with Gasteiger partial charge in [-0.2, -0.15) is 0 Å². The molecule has 94 valence electrons. The first-order valence-electron chi connectivity index (χ1n) is 7.00. The minimum atomic E-state index is 0.584. The van der Waals surface area contributed by atoms with E-state index in [1.165, 1.54) is 24.8 Å². The zero-order valence-corrected chi connectivity index (χ0v) is 11.4. The highest BCUT2D eigenvalue weighted by molar-refractivity contribution is 5.34. The molecule has 1 aliphatic carbocycles. The number of hydrogen-bond donors (Lipinski definition) is 1. The van der Waals surface area contributed by atoms with E-state index in [1.54, 1.807) is 5.56 Å². The second-order valence-corrected chi connectivity index (χ2v) is 5.80. The molecule has 0 radical (unpaired) electrons. The summed E-state index contributed by atoms with van der Waals surface area (Å²) in [5.74, 6) is 1.52. The van der Waals surface area contributed by atoms with Crippen molar-refractivity contribution in [1.82, 2.24) is 5.32 Å². The zero-order valence-electron chi connectivity index (χ0n) is 11.4. The first-order valence-corrected chi connectivity index (χ1v) is 7.00. The van der Waals surface area contributed by atoms with Gasteiger partial charge in [0, 0.05) is 6.04 Å². The molecule has 0 aliphatic heterocycles. The van der Waals surface area contributed by atoms with Crippen LogP contribution in [-0.4, -0.2) is 6.54 Å². The summed E-state index contributed by atoms with van der Waals surface area (Å²) in [4.78, 5) is 0. The average molecular weight is 231 g/mol. The summed E-state index contributed by atoms with van der Waals surface area (Å²) >= 11 is 0. The van der Waals surface area contributed by atoms with Crippen LogP contribution in [0.3, 0.4) is 0 Å². The van der Waals surface area contributed by atoms with Crippen molar-refractivity contribution in [3.05, 3.63) is 35.4 Å². The Bertz CT molecular complexity index is 356. The highest BCUT2D eigenvalue weighted by Gasteiger charge is 2.23. The van der Waals surface area contributed by atoms with Crippen molar-refractivity contribution in [3.63, 3.8) is 0 Å². The minimum absolute atomic E-state index is 0.584. The van der Waals surface area contributed by atoms with E-state index in [4.69, 9.17) is 0 Å². The van der Waals surface area contributed by atoms with Crippen molar-refractivity contribution < 1.29 is 0 Å². The highest BCUT2D eigenvalue weighted by Crippen LogP contribution is 2.36. The quantitative estimate of drug-likeness (QED) is 0.816. The standard InChI is InChI=1S/C16H25N/c1-12(2)10-11-17-16-9-8-13(3)14-6-4-5-7-15(14)16/h4-7,12-13,16-17H,8-11H2,1-3H3. The molecule has 0 spiro atoms. The van der Waals surface area contributed by atoms with E-state index in [9.17, 15) is 0 Å². The van der Waals surface area contributed by atoms with E-state index in [0.29, 0.717) is 6.04 Å². The molecule has 1 aromatic carbocycles. The molecule has 2 rings (SSSR count). The Hall–Kier alpha value is -0.820. The molecule has 1 N–H and O–H groups in total. The number of rotatable bonds is 4. The van der Waals surface area contributed by atoms with Crippen molar-refractivity contribution in [3.8, 4) is 0 Å². The molecule has 1 aliphatic rings. The molecule has 2 unspecified atom stereocenters. The maximum atomic E-state index is 3.73. The normalized spacial score (nSPS) is 23.8. The Labute approximate surface area is 106 Å². The van der Waals surface area contributed by atoms with Gasteiger partial charge in [0.15, 0.2) is 0 Å². The van der Waals surface area contributed by atoms with Crippen LogP contribution in [0.25, 0.3) is 0 Å². The number of benzene rings is 1. The van der Waals surface area contributed by atoms with Gasteiger partial charge in [-0.15, -0.1) is 0 Å². The van der Waals surface area contributed by atoms with E-state index in [-0.39, 0.29) is 0 Å². The minimum Gasteiger partial charge on any atom is -0.310 e. The second-order valence-electron chi connectivity index (χ2n) is 5.80. The summed E-state index contributed by atoms with van der Waals surface area (Å²) < 4.78 is 0. The van der Waals surface area contributed by atoms with Crippen LogP contribution in [0.4, 0.5) is 0 Å². The predicted molar refractivity (Wildman–Crippen MR) is 74.3 cm³/mol. The number of fused-ring (bicyclic) bond motifs is 1. The lowest BCUT2D eigenvalue weighted by molar-refractivity contribution is 0.414. The summed E-state index contributed by atoms with van der Waals surface area (Å²) in [6.45, 7) is 8.07. The van der Waals surface area contributed by atoms with Gasteiger partial charge < -0.3 is 5.32 Å². The van der Waals surface area contributed by atoms with Crippen LogP contribution in [0.2, 0.25) is 0 Å². The average Bonchev–Trinajstić information content (AvgIpc) is 2.32. The maximum Gasteiger partial charge on any atom is 0.0323 e. The van der Waals surface area contributed by atoms with Gasteiger partial charge in [-0.1, -0.05) is 45.0 Å². The van der Waals surface area contributed by atoms with Gasteiger partial charge in [-0.3, -0.25) is 0 Å². The molecule has 0 heterocycles. The molecule has 1 heteroatoms. The van der Waals surface area contributed by atoms with Crippen molar-refractivity contribution in [2.45, 2.75) is 52.0 Å². The fraction of sp³-hybridized carbons (Fsp3) is 0.625. The first-order chi connectivity index (χ1) is 8.18. The summed E-state index contributed by atoms with van der Waals surface area (Å²) in [5, 5.41) is 3.73. The third kappa shape index (κ3) is 3.10. The molecular weight excluding hydrogens is 206 g/mol. The smallest absolute Gasteiger partial charge is 0.0323 e. The second kappa shape index (κ2) is 5.68. The van der Waals surface area contributed by atoms with E-state index in [1.807, 2.05) is 0 Å². The molecule has 2 atom stereocenters. The molecule has 0 aromatic heterocycles. The van der Waals surface area contributed by atoms with Gasteiger partial charge in [0.2, 0.25) is 0 Å². The topological polar surface area (TPSA) is 12.0 Å². The van der Waals surface area contributed by atoms with E-state index < -0.39 is 0 Å². The third-order valence-corrected chi connectivity index (χ3v) is 3.90. The van der Waals surface area contributed by atoms with E-state index in [2.05, 4.69) is 50.4 Å². The Kier molecular flexibility index (Phi) is 4.22. The van der Waals surface area contributed by atoms with Crippen LogP contribution in [-0.2, 0) is 0 Å². The Morgan fingerprint density at radius 3 is 2.59 bits per heavy atom. The van der Waals surface area contributed by atoms with Gasteiger partial charge in [0.05, 0.1) is 0 Å². The molecule has 1 aromatic rings. The summed E-state index contributed by atoms with van der Waals surface area (Å²) in [6.07, 6.45) is 3.88. The molecular formula is C16H25N. The third-order valence-electron chi connectivity index (χ3n) is 3.90. The van der Waals surface area contributed by atoms with Gasteiger partial charge in [-0.05, 0) is 48.8 Å². The lowest BCUT2D eigenvalue weighted by Gasteiger charge is -2.30. The Morgan fingerprint density at radius 2 is 1.88 bits per heavy atom. The van der Waals surface area contributed by atoms with Crippen LogP contribution in [0, 0.1) is 5.92 Å². The van der Waals surface area contributed by atoms with Crippen molar-refractivity contribution >= 4 is 0 Å².